The Labute approximate surface area is 119 Å². The lowest BCUT2D eigenvalue weighted by Gasteiger charge is -2.16. The zero-order chi connectivity index (χ0) is 13.8. The largest absolute Gasteiger partial charge is 0.861 e. The maximum Gasteiger partial charge on any atom is 0.320 e. The van der Waals surface area contributed by atoms with Gasteiger partial charge in [0.25, 0.3) is 6.20 Å². The Kier molecular flexibility index (Phi) is 4.31. The number of hydrogen-bond donors (Lipinski definition) is 0. The van der Waals surface area contributed by atoms with Crippen molar-refractivity contribution in [1.29, 1.82) is 0 Å². The first-order chi connectivity index (χ1) is 9.08. The summed E-state index contributed by atoms with van der Waals surface area (Å²) >= 11 is 3.33. The Morgan fingerprint density at radius 3 is 2.63 bits per heavy atom. The first-order valence-electron chi connectivity index (χ1n) is 5.90. The van der Waals surface area contributed by atoms with E-state index in [0.29, 0.717) is 0 Å². The molecular formula is C13H14BrN3O2. The molecule has 0 saturated carbocycles. The van der Waals surface area contributed by atoms with E-state index in [9.17, 15) is 5.11 Å². The van der Waals surface area contributed by atoms with Gasteiger partial charge in [-0.2, -0.15) is 0 Å². The van der Waals surface area contributed by atoms with Crippen molar-refractivity contribution in [3.63, 3.8) is 0 Å². The third-order valence-corrected chi connectivity index (χ3v) is 3.45. The topological polar surface area (TPSA) is 65.3 Å². The van der Waals surface area contributed by atoms with E-state index in [2.05, 4.69) is 26.2 Å². The second kappa shape index (κ2) is 5.97. The molecule has 19 heavy (non-hydrogen) atoms. The van der Waals surface area contributed by atoms with E-state index >= 15 is 0 Å². The number of nitrogens with zero attached hydrogens (tertiary/aromatic N) is 3. The van der Waals surface area contributed by atoms with E-state index in [-0.39, 0.29) is 17.8 Å². The van der Waals surface area contributed by atoms with E-state index in [1.54, 1.807) is 10.9 Å². The molecule has 2 aromatic rings. The first-order valence-corrected chi connectivity index (χ1v) is 6.82. The van der Waals surface area contributed by atoms with Crippen LogP contribution in [-0.4, -0.2) is 11.2 Å². The second-order valence-corrected chi connectivity index (χ2v) is 5.25. The van der Waals surface area contributed by atoms with Crippen LogP contribution < -0.4 is 9.79 Å². The fourth-order valence-electron chi connectivity index (χ4n) is 1.47. The van der Waals surface area contributed by atoms with Crippen LogP contribution in [0.15, 0.2) is 46.0 Å². The summed E-state index contributed by atoms with van der Waals surface area (Å²) in [6, 6.07) is 9.53. The second-order valence-electron chi connectivity index (χ2n) is 4.34. The van der Waals surface area contributed by atoms with Crippen LogP contribution in [0.4, 0.5) is 5.88 Å². The van der Waals surface area contributed by atoms with Crippen molar-refractivity contribution in [3.8, 4) is 0 Å². The predicted molar refractivity (Wildman–Crippen MR) is 72.3 cm³/mol. The minimum absolute atomic E-state index is 0.164. The molecule has 100 valence electrons. The minimum atomic E-state index is -0.480. The van der Waals surface area contributed by atoms with Crippen LogP contribution in [0.25, 0.3) is 0 Å². The van der Waals surface area contributed by atoms with Crippen LogP contribution in [0.5, 0.6) is 0 Å². The molecule has 2 rings (SSSR count). The third-order valence-electron chi connectivity index (χ3n) is 2.53. The summed E-state index contributed by atoms with van der Waals surface area (Å²) in [5.74, 6) is -0.114. The molecule has 1 unspecified atom stereocenters. The SMILES string of the molecule is CC(C)[n+]1cc(/N=C(\[O-])C(Br)c2ccccc2)on1. The van der Waals surface area contributed by atoms with Crippen molar-refractivity contribution >= 4 is 27.7 Å². The lowest BCUT2D eigenvalue weighted by Crippen LogP contribution is -2.36. The Hall–Kier alpha value is -1.69. The fraction of sp³-hybridized carbons (Fsp3) is 0.308. The molecule has 0 radical (unpaired) electrons. The van der Waals surface area contributed by atoms with Crippen LogP contribution in [0.3, 0.4) is 0 Å². The molecule has 1 aromatic carbocycles. The summed E-state index contributed by atoms with van der Waals surface area (Å²) in [7, 11) is 0. The van der Waals surface area contributed by atoms with Gasteiger partial charge in [-0.15, -0.1) is 0 Å². The van der Waals surface area contributed by atoms with Crippen LogP contribution in [0.1, 0.15) is 30.3 Å². The summed E-state index contributed by atoms with van der Waals surface area (Å²) < 4.78 is 6.60. The monoisotopic (exact) mass is 323 g/mol. The highest BCUT2D eigenvalue weighted by Crippen LogP contribution is 2.23. The van der Waals surface area contributed by atoms with Gasteiger partial charge in [0, 0.05) is 0 Å². The number of aliphatic imine (C=N–C) groups is 1. The Bertz CT molecular complexity index is 566. The summed E-state index contributed by atoms with van der Waals surface area (Å²) in [5, 5.41) is 15.8. The van der Waals surface area contributed by atoms with Gasteiger partial charge in [-0.3, -0.25) is 4.52 Å². The molecule has 0 aliphatic heterocycles. The molecule has 0 aliphatic rings. The number of alkyl halides is 1. The van der Waals surface area contributed by atoms with Gasteiger partial charge in [-0.25, -0.2) is 4.99 Å². The Morgan fingerprint density at radius 1 is 1.37 bits per heavy atom. The molecule has 0 aliphatic carbocycles. The molecule has 1 heterocycles. The predicted octanol–water partition coefficient (Wildman–Crippen LogP) is 2.07. The van der Waals surface area contributed by atoms with Crippen molar-refractivity contribution in [2.75, 3.05) is 0 Å². The van der Waals surface area contributed by atoms with Gasteiger partial charge in [0.15, 0.2) is 6.04 Å². The van der Waals surface area contributed by atoms with E-state index in [1.165, 1.54) is 0 Å². The van der Waals surface area contributed by atoms with Gasteiger partial charge in [0.1, 0.15) is 0 Å². The van der Waals surface area contributed by atoms with Gasteiger partial charge in [-0.1, -0.05) is 46.3 Å². The van der Waals surface area contributed by atoms with E-state index in [0.717, 1.165) is 5.56 Å². The molecule has 0 bridgehead atoms. The molecule has 0 saturated heterocycles. The minimum Gasteiger partial charge on any atom is -0.861 e. The average molecular weight is 324 g/mol. The smallest absolute Gasteiger partial charge is 0.320 e. The van der Waals surface area contributed by atoms with Crippen molar-refractivity contribution in [2.45, 2.75) is 24.7 Å². The number of halogens is 1. The molecule has 5 nitrogen and oxygen atoms in total. The highest BCUT2D eigenvalue weighted by atomic mass is 79.9. The molecule has 0 spiro atoms. The highest BCUT2D eigenvalue weighted by Gasteiger charge is 2.15. The van der Waals surface area contributed by atoms with Crippen LogP contribution in [-0.2, 0) is 0 Å². The molecule has 0 amide bonds. The number of hydrogen-bond acceptors (Lipinski definition) is 4. The zero-order valence-corrected chi connectivity index (χ0v) is 12.2. The van der Waals surface area contributed by atoms with Gasteiger partial charge in [-0.05, 0) is 30.0 Å². The number of aromatic nitrogens is 2. The maximum absolute atomic E-state index is 12.0. The van der Waals surface area contributed by atoms with Crippen LogP contribution >= 0.6 is 15.9 Å². The summed E-state index contributed by atoms with van der Waals surface area (Å²) in [5.41, 5.74) is 0.854. The summed E-state index contributed by atoms with van der Waals surface area (Å²) in [6.45, 7) is 3.93. The van der Waals surface area contributed by atoms with Crippen molar-refractivity contribution in [3.05, 3.63) is 42.1 Å². The zero-order valence-electron chi connectivity index (χ0n) is 10.7. The average Bonchev–Trinajstić information content (AvgIpc) is 2.87. The normalized spacial score (nSPS) is 13.8. The van der Waals surface area contributed by atoms with Crippen molar-refractivity contribution in [2.24, 2.45) is 4.99 Å². The molecule has 6 heteroatoms. The Morgan fingerprint density at radius 2 is 2.05 bits per heavy atom. The quantitative estimate of drug-likeness (QED) is 0.374. The summed E-state index contributed by atoms with van der Waals surface area (Å²) in [4.78, 5) is 3.42. The van der Waals surface area contributed by atoms with Gasteiger partial charge in [0.2, 0.25) is 5.27 Å². The van der Waals surface area contributed by atoms with E-state index in [4.69, 9.17) is 4.52 Å². The molecule has 1 atom stereocenters. The standard InChI is InChI=1S/C13H14BrN3O2/c1-9(2)17-8-11(19-16-17)15-13(18)12(14)10-6-4-3-5-7-10/h3-9,12H,1-2H3. The maximum atomic E-state index is 12.0. The lowest BCUT2D eigenvalue weighted by molar-refractivity contribution is -0.779. The first kappa shape index (κ1) is 13.7. The summed E-state index contributed by atoms with van der Waals surface area (Å²) in [6.07, 6.45) is 1.60. The molecule has 1 aromatic heterocycles. The number of rotatable bonds is 4. The Balaban J connectivity index is 2.18. The van der Waals surface area contributed by atoms with Gasteiger partial charge in [0.05, 0.1) is 4.83 Å². The molecule has 0 N–H and O–H groups in total. The molecule has 0 fully saturated rings. The van der Waals surface area contributed by atoms with Gasteiger partial charge >= 0.3 is 5.88 Å². The lowest BCUT2D eigenvalue weighted by atomic mass is 10.1. The van der Waals surface area contributed by atoms with Crippen LogP contribution in [0, 0.1) is 0 Å². The van der Waals surface area contributed by atoms with E-state index < -0.39 is 4.83 Å². The highest BCUT2D eigenvalue weighted by molar-refractivity contribution is 9.09. The third kappa shape index (κ3) is 3.41. The van der Waals surface area contributed by atoms with Crippen molar-refractivity contribution < 1.29 is 14.3 Å². The van der Waals surface area contributed by atoms with Gasteiger partial charge < -0.3 is 5.11 Å². The molecular weight excluding hydrogens is 310 g/mol. The van der Waals surface area contributed by atoms with E-state index in [1.807, 2.05) is 44.2 Å². The fourth-order valence-corrected chi connectivity index (χ4v) is 1.88. The number of benzene rings is 1. The van der Waals surface area contributed by atoms with Crippen LogP contribution in [0.2, 0.25) is 0 Å². The van der Waals surface area contributed by atoms with Crippen molar-refractivity contribution in [1.82, 2.24) is 5.27 Å².